The third-order valence-corrected chi connectivity index (χ3v) is 3.98. The number of Topliss-reactive ketones (excluding diaryl/α,β-unsaturated/α-hetero) is 1. The SMILES string of the molecule is O=C1C[C@@H](C(=O)Nc2ccc3c(c2)OCO3)c2ccccc21. The maximum Gasteiger partial charge on any atom is 0.232 e. The predicted octanol–water partition coefficient (Wildman–Crippen LogP) is 2.72. The maximum absolute atomic E-state index is 12.5. The van der Waals surface area contributed by atoms with E-state index in [0.29, 0.717) is 22.7 Å². The third kappa shape index (κ3) is 2.02. The summed E-state index contributed by atoms with van der Waals surface area (Å²) in [4.78, 5) is 24.5. The Morgan fingerprint density at radius 3 is 2.82 bits per heavy atom. The highest BCUT2D eigenvalue weighted by Crippen LogP contribution is 2.36. The second-order valence-electron chi connectivity index (χ2n) is 5.32. The number of carbonyl (C=O) groups is 2. The second-order valence-corrected chi connectivity index (χ2v) is 5.32. The van der Waals surface area contributed by atoms with E-state index in [0.717, 1.165) is 5.56 Å². The van der Waals surface area contributed by atoms with Crippen molar-refractivity contribution in [1.29, 1.82) is 0 Å². The minimum atomic E-state index is -0.436. The normalized spacial score (nSPS) is 18.2. The van der Waals surface area contributed by atoms with Crippen molar-refractivity contribution >= 4 is 17.4 Å². The fraction of sp³-hybridized carbons (Fsp3) is 0.176. The van der Waals surface area contributed by atoms with E-state index in [-0.39, 0.29) is 24.9 Å². The minimum absolute atomic E-state index is 0.0152. The maximum atomic E-state index is 12.5. The first-order valence-electron chi connectivity index (χ1n) is 7.05. The van der Waals surface area contributed by atoms with Gasteiger partial charge in [-0.1, -0.05) is 24.3 Å². The molecule has 0 spiro atoms. The van der Waals surface area contributed by atoms with Gasteiger partial charge in [-0.3, -0.25) is 9.59 Å². The second kappa shape index (κ2) is 4.87. The molecule has 0 saturated heterocycles. The molecule has 0 aromatic heterocycles. The van der Waals surface area contributed by atoms with Crippen LogP contribution >= 0.6 is 0 Å². The number of hydrogen-bond donors (Lipinski definition) is 1. The Labute approximate surface area is 126 Å². The van der Waals surface area contributed by atoms with Gasteiger partial charge in [0.15, 0.2) is 17.3 Å². The Kier molecular flexibility index (Phi) is 2.85. The number of ketones is 1. The quantitative estimate of drug-likeness (QED) is 0.925. The topological polar surface area (TPSA) is 64.6 Å². The lowest BCUT2D eigenvalue weighted by molar-refractivity contribution is -0.117. The number of amides is 1. The number of ether oxygens (including phenoxy) is 2. The van der Waals surface area contributed by atoms with Crippen LogP contribution in [0.1, 0.15) is 28.3 Å². The molecule has 5 heteroatoms. The Morgan fingerprint density at radius 1 is 1.09 bits per heavy atom. The molecular weight excluding hydrogens is 282 g/mol. The van der Waals surface area contributed by atoms with Gasteiger partial charge >= 0.3 is 0 Å². The summed E-state index contributed by atoms with van der Waals surface area (Å²) >= 11 is 0. The Hall–Kier alpha value is -2.82. The Bertz CT molecular complexity index is 784. The summed E-state index contributed by atoms with van der Waals surface area (Å²) in [6.07, 6.45) is 0.218. The van der Waals surface area contributed by atoms with Crippen LogP contribution in [0.25, 0.3) is 0 Å². The molecule has 0 unspecified atom stereocenters. The summed E-state index contributed by atoms with van der Waals surface area (Å²) in [5.74, 6) is 0.674. The first-order chi connectivity index (χ1) is 10.7. The third-order valence-electron chi connectivity index (χ3n) is 3.98. The monoisotopic (exact) mass is 295 g/mol. The number of benzene rings is 2. The molecule has 0 bridgehead atoms. The van der Waals surface area contributed by atoms with E-state index < -0.39 is 5.92 Å². The molecule has 2 aromatic carbocycles. The molecule has 1 aliphatic carbocycles. The van der Waals surface area contributed by atoms with E-state index in [1.807, 2.05) is 18.2 Å². The van der Waals surface area contributed by atoms with Crippen molar-refractivity contribution in [3.05, 3.63) is 53.6 Å². The van der Waals surface area contributed by atoms with Crippen molar-refractivity contribution in [2.24, 2.45) is 0 Å². The molecule has 22 heavy (non-hydrogen) atoms. The molecule has 5 nitrogen and oxygen atoms in total. The minimum Gasteiger partial charge on any atom is -0.454 e. The molecule has 0 fully saturated rings. The highest BCUT2D eigenvalue weighted by atomic mass is 16.7. The molecule has 4 rings (SSSR count). The van der Waals surface area contributed by atoms with Crippen LogP contribution in [0.4, 0.5) is 5.69 Å². The summed E-state index contributed by atoms with van der Waals surface area (Å²) in [7, 11) is 0. The lowest BCUT2D eigenvalue weighted by atomic mass is 10.0. The smallest absolute Gasteiger partial charge is 0.232 e. The molecular formula is C17H13NO4. The van der Waals surface area contributed by atoms with E-state index in [9.17, 15) is 9.59 Å². The molecule has 110 valence electrons. The van der Waals surface area contributed by atoms with Gasteiger partial charge in [-0.15, -0.1) is 0 Å². The number of anilines is 1. The van der Waals surface area contributed by atoms with Gasteiger partial charge in [0.25, 0.3) is 0 Å². The predicted molar refractivity (Wildman–Crippen MR) is 79.3 cm³/mol. The van der Waals surface area contributed by atoms with Crippen LogP contribution in [0.5, 0.6) is 11.5 Å². The number of rotatable bonds is 2. The number of nitrogens with one attached hydrogen (secondary N) is 1. The van der Waals surface area contributed by atoms with Crippen molar-refractivity contribution in [2.75, 3.05) is 12.1 Å². The summed E-state index contributed by atoms with van der Waals surface area (Å²) in [6, 6.07) is 12.5. The Balaban J connectivity index is 1.57. The van der Waals surface area contributed by atoms with Crippen molar-refractivity contribution < 1.29 is 19.1 Å². The zero-order valence-electron chi connectivity index (χ0n) is 11.7. The largest absolute Gasteiger partial charge is 0.454 e. The first kappa shape index (κ1) is 12.9. The van der Waals surface area contributed by atoms with Crippen molar-refractivity contribution in [3.8, 4) is 11.5 Å². The molecule has 0 saturated carbocycles. The molecule has 0 radical (unpaired) electrons. The lowest BCUT2D eigenvalue weighted by Crippen LogP contribution is -2.19. The number of carbonyl (C=O) groups excluding carboxylic acids is 2. The molecule has 2 aromatic rings. The molecule has 1 amide bonds. The molecule has 1 aliphatic heterocycles. The van der Waals surface area contributed by atoms with Crippen LogP contribution in [0.2, 0.25) is 0 Å². The molecule has 1 N–H and O–H groups in total. The lowest BCUT2D eigenvalue weighted by Gasteiger charge is -2.12. The van der Waals surface area contributed by atoms with Crippen LogP contribution in [0.15, 0.2) is 42.5 Å². The van der Waals surface area contributed by atoms with Gasteiger partial charge < -0.3 is 14.8 Å². The average Bonchev–Trinajstić information content (AvgIpc) is 3.12. The fourth-order valence-electron chi connectivity index (χ4n) is 2.90. The van der Waals surface area contributed by atoms with E-state index in [1.54, 1.807) is 24.3 Å². The number of hydrogen-bond acceptors (Lipinski definition) is 4. The summed E-state index contributed by atoms with van der Waals surface area (Å²) in [6.45, 7) is 0.192. The number of fused-ring (bicyclic) bond motifs is 2. The van der Waals surface area contributed by atoms with Gasteiger partial charge in [0.2, 0.25) is 12.7 Å². The molecule has 2 aliphatic rings. The summed E-state index contributed by atoms with van der Waals surface area (Å²) in [5.41, 5.74) is 2.07. The Morgan fingerprint density at radius 2 is 1.91 bits per heavy atom. The van der Waals surface area contributed by atoms with Crippen LogP contribution in [0, 0.1) is 0 Å². The van der Waals surface area contributed by atoms with Crippen molar-refractivity contribution in [2.45, 2.75) is 12.3 Å². The van der Waals surface area contributed by atoms with E-state index in [4.69, 9.17) is 9.47 Å². The highest BCUT2D eigenvalue weighted by molar-refractivity contribution is 6.09. The zero-order valence-corrected chi connectivity index (χ0v) is 11.7. The van der Waals surface area contributed by atoms with Crippen LogP contribution < -0.4 is 14.8 Å². The summed E-state index contributed by atoms with van der Waals surface area (Å²) in [5, 5.41) is 2.85. The van der Waals surface area contributed by atoms with Gasteiger partial charge in [-0.05, 0) is 17.7 Å². The van der Waals surface area contributed by atoms with Crippen LogP contribution in [0.3, 0.4) is 0 Å². The van der Waals surface area contributed by atoms with Crippen LogP contribution in [-0.4, -0.2) is 18.5 Å². The molecule has 1 atom stereocenters. The molecule has 1 heterocycles. The van der Waals surface area contributed by atoms with E-state index in [2.05, 4.69) is 5.32 Å². The van der Waals surface area contributed by atoms with E-state index in [1.165, 1.54) is 0 Å². The highest BCUT2D eigenvalue weighted by Gasteiger charge is 2.34. The van der Waals surface area contributed by atoms with Crippen molar-refractivity contribution in [1.82, 2.24) is 0 Å². The van der Waals surface area contributed by atoms with Gasteiger partial charge in [0.1, 0.15) is 0 Å². The van der Waals surface area contributed by atoms with E-state index >= 15 is 0 Å². The van der Waals surface area contributed by atoms with Gasteiger partial charge in [-0.25, -0.2) is 0 Å². The first-order valence-corrected chi connectivity index (χ1v) is 7.05. The van der Waals surface area contributed by atoms with Gasteiger partial charge in [-0.2, -0.15) is 0 Å². The standard InChI is InChI=1S/C17H13NO4/c19-14-8-13(11-3-1-2-4-12(11)14)17(20)18-10-5-6-15-16(7-10)22-9-21-15/h1-7,13H,8-9H2,(H,18,20)/t13-/m1/s1. The van der Waals surface area contributed by atoms with Crippen LogP contribution in [-0.2, 0) is 4.79 Å². The van der Waals surface area contributed by atoms with Gasteiger partial charge in [0.05, 0.1) is 5.92 Å². The zero-order chi connectivity index (χ0) is 15.1. The fourth-order valence-corrected chi connectivity index (χ4v) is 2.90. The average molecular weight is 295 g/mol. The van der Waals surface area contributed by atoms with Gasteiger partial charge in [0, 0.05) is 23.7 Å². The van der Waals surface area contributed by atoms with Crippen molar-refractivity contribution in [3.63, 3.8) is 0 Å². The summed E-state index contributed by atoms with van der Waals surface area (Å²) < 4.78 is 10.5.